The normalized spacial score (nSPS) is 22.4. The molecule has 0 N–H and O–H groups in total. The largest absolute Gasteiger partial charge is 0.573 e. The molecule has 2 unspecified atom stereocenters. The second kappa shape index (κ2) is 8.11. The Hall–Kier alpha value is -2.46. The summed E-state index contributed by atoms with van der Waals surface area (Å²) in [4.78, 5) is 18.8. The summed E-state index contributed by atoms with van der Waals surface area (Å²) in [6.45, 7) is 0.489. The van der Waals surface area contributed by atoms with Gasteiger partial charge < -0.3 is 14.5 Å². The van der Waals surface area contributed by atoms with Gasteiger partial charge in [0.15, 0.2) is 0 Å². The molecule has 0 bridgehead atoms. The molecule has 0 spiro atoms. The fourth-order valence-corrected chi connectivity index (χ4v) is 3.39. The van der Waals surface area contributed by atoms with Gasteiger partial charge in [0.25, 0.3) is 0 Å². The first-order chi connectivity index (χ1) is 13.5. The number of amides is 1. The Labute approximate surface area is 162 Å². The van der Waals surface area contributed by atoms with Crippen LogP contribution in [0.25, 0.3) is 0 Å². The minimum absolute atomic E-state index is 0.0141. The number of likely N-dealkylation sites (tertiary alicyclic amines) is 1. The van der Waals surface area contributed by atoms with Gasteiger partial charge in [-0.3, -0.25) is 4.79 Å². The molecular weight excluding hydrogens is 406 g/mol. The van der Waals surface area contributed by atoms with Gasteiger partial charge in [0.1, 0.15) is 11.9 Å². The van der Waals surface area contributed by atoms with Crippen LogP contribution in [-0.2, 0) is 9.63 Å². The molecule has 2 atom stereocenters. The number of rotatable bonds is 4. The van der Waals surface area contributed by atoms with Gasteiger partial charge >= 0.3 is 12.5 Å². The van der Waals surface area contributed by atoms with Crippen LogP contribution in [0.5, 0.6) is 5.75 Å². The van der Waals surface area contributed by atoms with Crippen LogP contribution >= 0.6 is 0 Å². The molecule has 0 aromatic heterocycles. The number of piperidine rings is 1. The van der Waals surface area contributed by atoms with Crippen LogP contribution in [0.1, 0.15) is 31.2 Å². The smallest absolute Gasteiger partial charge is 0.406 e. The first-order valence-electron chi connectivity index (χ1n) is 8.93. The number of benzene rings is 1. The fourth-order valence-electron chi connectivity index (χ4n) is 3.39. The number of alkyl halides is 6. The lowest BCUT2D eigenvalue weighted by Crippen LogP contribution is -2.49. The number of hydrogen-bond acceptors (Lipinski definition) is 4. The molecule has 3 rings (SSSR count). The third-order valence-electron chi connectivity index (χ3n) is 4.85. The molecule has 5 nitrogen and oxygen atoms in total. The first-order valence-corrected chi connectivity index (χ1v) is 8.93. The zero-order valence-electron chi connectivity index (χ0n) is 15.1. The summed E-state index contributed by atoms with van der Waals surface area (Å²) >= 11 is 0. The lowest BCUT2D eigenvalue weighted by Gasteiger charge is -2.39. The van der Waals surface area contributed by atoms with Crippen molar-refractivity contribution in [1.82, 2.24) is 4.90 Å². The van der Waals surface area contributed by atoms with Crippen molar-refractivity contribution < 1.29 is 40.7 Å². The Morgan fingerprint density at radius 1 is 1.17 bits per heavy atom. The molecule has 0 aliphatic carbocycles. The van der Waals surface area contributed by atoms with E-state index < -0.39 is 37.4 Å². The van der Waals surface area contributed by atoms with Crippen LogP contribution < -0.4 is 4.74 Å². The van der Waals surface area contributed by atoms with Gasteiger partial charge in [0.05, 0.1) is 18.7 Å². The third-order valence-corrected chi connectivity index (χ3v) is 4.85. The highest BCUT2D eigenvalue weighted by atomic mass is 19.4. The number of oxime groups is 1. The fraction of sp³-hybridized carbons (Fsp3) is 0.556. The summed E-state index contributed by atoms with van der Waals surface area (Å²) in [5.41, 5.74) is 1.14. The number of carbonyl (C=O) groups is 1. The highest BCUT2D eigenvalue weighted by Gasteiger charge is 2.38. The van der Waals surface area contributed by atoms with Gasteiger partial charge in [-0.25, -0.2) is 0 Å². The lowest BCUT2D eigenvalue weighted by atomic mass is 9.86. The lowest BCUT2D eigenvalue weighted by molar-refractivity contribution is -0.274. The van der Waals surface area contributed by atoms with Crippen molar-refractivity contribution >= 4 is 11.6 Å². The maximum Gasteiger partial charge on any atom is 0.573 e. The Balaban J connectivity index is 1.58. The number of carbonyl (C=O) groups excluding carboxylic acids is 1. The zero-order chi connectivity index (χ0) is 21.2. The molecule has 0 radical (unpaired) electrons. The summed E-state index contributed by atoms with van der Waals surface area (Å²) in [7, 11) is 0. The van der Waals surface area contributed by atoms with Crippen molar-refractivity contribution in [3.63, 3.8) is 0 Å². The van der Waals surface area contributed by atoms with E-state index in [1.807, 2.05) is 0 Å². The molecule has 1 fully saturated rings. The molecular formula is C18H18F6N2O3. The maximum atomic E-state index is 12.3. The van der Waals surface area contributed by atoms with Crippen molar-refractivity contribution in [3.05, 3.63) is 29.8 Å². The van der Waals surface area contributed by atoms with Crippen LogP contribution in [0.15, 0.2) is 29.4 Å². The van der Waals surface area contributed by atoms with Crippen LogP contribution in [0.4, 0.5) is 26.3 Å². The molecule has 2 heterocycles. The molecule has 160 valence electrons. The van der Waals surface area contributed by atoms with Gasteiger partial charge in [-0.2, -0.15) is 13.2 Å². The van der Waals surface area contributed by atoms with Gasteiger partial charge in [0, 0.05) is 25.3 Å². The van der Waals surface area contributed by atoms with E-state index in [0.29, 0.717) is 30.7 Å². The van der Waals surface area contributed by atoms with E-state index in [9.17, 15) is 31.1 Å². The first kappa shape index (κ1) is 21.3. The molecule has 1 saturated heterocycles. The summed E-state index contributed by atoms with van der Waals surface area (Å²) in [6.07, 6.45) is -10.3. The van der Waals surface area contributed by atoms with Crippen LogP contribution in [0.3, 0.4) is 0 Å². The number of halogens is 6. The van der Waals surface area contributed by atoms with Crippen LogP contribution in [-0.4, -0.2) is 48.3 Å². The molecule has 1 aromatic rings. The van der Waals surface area contributed by atoms with Crippen molar-refractivity contribution in [1.29, 1.82) is 0 Å². The van der Waals surface area contributed by atoms with Crippen LogP contribution in [0, 0.1) is 5.92 Å². The molecule has 1 amide bonds. The van der Waals surface area contributed by atoms with E-state index in [-0.39, 0.29) is 18.2 Å². The second-order valence-corrected chi connectivity index (χ2v) is 6.96. The Bertz CT molecular complexity index is 760. The molecule has 1 aromatic carbocycles. The number of nitrogens with zero attached hydrogens (tertiary/aromatic N) is 2. The van der Waals surface area contributed by atoms with E-state index in [1.165, 1.54) is 29.2 Å². The monoisotopic (exact) mass is 424 g/mol. The molecule has 2 aliphatic heterocycles. The number of ether oxygens (including phenoxy) is 1. The second-order valence-electron chi connectivity index (χ2n) is 6.96. The highest BCUT2D eigenvalue weighted by Crippen LogP contribution is 2.31. The van der Waals surface area contributed by atoms with E-state index >= 15 is 0 Å². The van der Waals surface area contributed by atoms with Crippen molar-refractivity contribution in [3.8, 4) is 5.75 Å². The van der Waals surface area contributed by atoms with E-state index in [0.717, 1.165) is 0 Å². The minimum Gasteiger partial charge on any atom is -0.406 e. The van der Waals surface area contributed by atoms with Crippen molar-refractivity contribution in [2.45, 2.75) is 44.3 Å². The predicted molar refractivity (Wildman–Crippen MR) is 89.1 cm³/mol. The van der Waals surface area contributed by atoms with Gasteiger partial charge in [-0.15, -0.1) is 13.2 Å². The SMILES string of the molecule is O=C(CCC(F)(F)F)N1CCC2CC(c3ccc(OC(F)(F)F)cc3)=NOC2C1. The molecule has 0 saturated carbocycles. The Morgan fingerprint density at radius 3 is 2.48 bits per heavy atom. The summed E-state index contributed by atoms with van der Waals surface area (Å²) < 4.78 is 77.4. The van der Waals surface area contributed by atoms with Gasteiger partial charge in [-0.05, 0) is 36.2 Å². The van der Waals surface area contributed by atoms with Gasteiger partial charge in [-0.1, -0.05) is 5.16 Å². The molecule has 29 heavy (non-hydrogen) atoms. The van der Waals surface area contributed by atoms with E-state index in [4.69, 9.17) is 4.84 Å². The van der Waals surface area contributed by atoms with Crippen molar-refractivity contribution in [2.75, 3.05) is 13.1 Å². The predicted octanol–water partition coefficient (Wildman–Crippen LogP) is 4.27. The summed E-state index contributed by atoms with van der Waals surface area (Å²) in [6, 6.07) is 5.25. The van der Waals surface area contributed by atoms with Gasteiger partial charge in [0.2, 0.25) is 5.91 Å². The average molecular weight is 424 g/mol. The number of fused-ring (bicyclic) bond motifs is 1. The quantitative estimate of drug-likeness (QED) is 0.679. The minimum atomic E-state index is -4.77. The summed E-state index contributed by atoms with van der Waals surface area (Å²) in [5.74, 6) is -0.901. The average Bonchev–Trinajstić information content (AvgIpc) is 2.64. The molecule has 11 heteroatoms. The zero-order valence-corrected chi connectivity index (χ0v) is 15.1. The topological polar surface area (TPSA) is 51.1 Å². The standard InChI is InChI=1S/C18H18F6N2O3/c19-17(20,21)7-5-16(27)26-8-6-12-9-14(25-29-15(12)10-26)11-1-3-13(4-2-11)28-18(22,23)24/h1-4,12,15H,5-10H2. The molecule has 2 aliphatic rings. The maximum absolute atomic E-state index is 12.3. The van der Waals surface area contributed by atoms with Crippen LogP contribution in [0.2, 0.25) is 0 Å². The Morgan fingerprint density at radius 2 is 1.86 bits per heavy atom. The third kappa shape index (κ3) is 6.01. The van der Waals surface area contributed by atoms with E-state index in [1.54, 1.807) is 0 Å². The van der Waals surface area contributed by atoms with E-state index in [2.05, 4.69) is 9.89 Å². The number of hydrogen-bond donors (Lipinski definition) is 0. The van der Waals surface area contributed by atoms with Crippen molar-refractivity contribution in [2.24, 2.45) is 11.1 Å². The highest BCUT2D eigenvalue weighted by molar-refractivity contribution is 6.00. The Kier molecular flexibility index (Phi) is 5.95. The summed E-state index contributed by atoms with van der Waals surface area (Å²) in [5, 5.41) is 4.00.